The third-order valence-electron chi connectivity index (χ3n) is 3.30. The molecule has 4 heteroatoms. The second kappa shape index (κ2) is 3.75. The lowest BCUT2D eigenvalue weighted by Gasteiger charge is -2.46. The predicted octanol–water partition coefficient (Wildman–Crippen LogP) is 1.24. The van der Waals surface area contributed by atoms with Crippen LogP contribution in [-0.2, 0) is 14.3 Å². The Bertz CT molecular complexity index is 319. The fourth-order valence-corrected chi connectivity index (χ4v) is 2.50. The minimum atomic E-state index is -0.417. The van der Waals surface area contributed by atoms with E-state index in [0.717, 1.165) is 12.8 Å². The number of hydrogen-bond acceptors (Lipinski definition) is 3. The van der Waals surface area contributed by atoms with Crippen molar-refractivity contribution in [3.63, 3.8) is 0 Å². The smallest absolute Gasteiger partial charge is 0.309 e. The first-order valence-corrected chi connectivity index (χ1v) is 5.89. The second-order valence-electron chi connectivity index (χ2n) is 5.75. The summed E-state index contributed by atoms with van der Waals surface area (Å²) in [5, 5.41) is 2.92. The molecular weight excluding hydrogens is 206 g/mol. The fraction of sp³-hybridized carbons (Fsp3) is 0.833. The molecular formula is C12H19NO3. The van der Waals surface area contributed by atoms with Crippen molar-refractivity contribution in [1.29, 1.82) is 0 Å². The Morgan fingerprint density at radius 1 is 1.44 bits per heavy atom. The van der Waals surface area contributed by atoms with Gasteiger partial charge in [-0.2, -0.15) is 0 Å². The van der Waals surface area contributed by atoms with E-state index in [2.05, 4.69) is 5.32 Å². The Balaban J connectivity index is 1.90. The first-order valence-electron chi connectivity index (χ1n) is 5.89. The van der Waals surface area contributed by atoms with Gasteiger partial charge in [-0.25, -0.2) is 0 Å². The number of piperidine rings is 1. The maximum absolute atomic E-state index is 11.8. The van der Waals surface area contributed by atoms with Gasteiger partial charge in [0.15, 0.2) is 0 Å². The third kappa shape index (κ3) is 2.20. The van der Waals surface area contributed by atoms with Gasteiger partial charge in [0, 0.05) is 12.5 Å². The Hall–Kier alpha value is -1.06. The summed E-state index contributed by atoms with van der Waals surface area (Å²) in [5.74, 6) is 0.297. The standard InChI is InChI=1S/C12H19NO3/c1-12(2,3)16-11(15)8-6-9-7(8)4-5-10(14)13-9/h7-9H,4-6H2,1-3H3,(H,13,14)/t7-,8+,9+/m1/s1. The normalized spacial score (nSPS) is 33.4. The maximum atomic E-state index is 11.8. The van der Waals surface area contributed by atoms with Crippen molar-refractivity contribution in [1.82, 2.24) is 5.32 Å². The van der Waals surface area contributed by atoms with Crippen LogP contribution in [0.1, 0.15) is 40.0 Å². The van der Waals surface area contributed by atoms with Crippen LogP contribution in [0.3, 0.4) is 0 Å². The van der Waals surface area contributed by atoms with Crippen LogP contribution >= 0.6 is 0 Å². The summed E-state index contributed by atoms with van der Waals surface area (Å²) in [5.41, 5.74) is -0.417. The molecule has 1 N–H and O–H groups in total. The number of esters is 1. The minimum Gasteiger partial charge on any atom is -0.460 e. The Morgan fingerprint density at radius 3 is 2.69 bits per heavy atom. The molecule has 16 heavy (non-hydrogen) atoms. The van der Waals surface area contributed by atoms with Crippen LogP contribution in [0.5, 0.6) is 0 Å². The molecule has 1 aliphatic heterocycles. The summed E-state index contributed by atoms with van der Waals surface area (Å²) < 4.78 is 5.37. The Labute approximate surface area is 95.7 Å². The molecule has 0 bridgehead atoms. The van der Waals surface area contributed by atoms with Gasteiger partial charge in [0.2, 0.25) is 5.91 Å². The zero-order valence-electron chi connectivity index (χ0n) is 10.1. The van der Waals surface area contributed by atoms with E-state index in [1.165, 1.54) is 0 Å². The molecule has 0 aromatic carbocycles. The van der Waals surface area contributed by atoms with Crippen molar-refractivity contribution in [2.45, 2.75) is 51.7 Å². The first kappa shape index (κ1) is 11.4. The van der Waals surface area contributed by atoms with Gasteiger partial charge in [0.25, 0.3) is 0 Å². The molecule has 0 aromatic rings. The molecule has 3 atom stereocenters. The van der Waals surface area contributed by atoms with Crippen molar-refractivity contribution in [2.24, 2.45) is 11.8 Å². The van der Waals surface area contributed by atoms with E-state index >= 15 is 0 Å². The quantitative estimate of drug-likeness (QED) is 0.683. The fourth-order valence-electron chi connectivity index (χ4n) is 2.50. The van der Waals surface area contributed by atoms with E-state index in [1.54, 1.807) is 0 Å². The third-order valence-corrected chi connectivity index (χ3v) is 3.30. The van der Waals surface area contributed by atoms with Gasteiger partial charge in [-0.15, -0.1) is 0 Å². The highest BCUT2D eigenvalue weighted by Gasteiger charge is 2.49. The topological polar surface area (TPSA) is 55.4 Å². The predicted molar refractivity (Wildman–Crippen MR) is 58.6 cm³/mol. The van der Waals surface area contributed by atoms with E-state index in [0.29, 0.717) is 12.3 Å². The Morgan fingerprint density at radius 2 is 2.12 bits per heavy atom. The highest BCUT2D eigenvalue weighted by molar-refractivity contribution is 5.80. The molecule has 0 spiro atoms. The molecule has 2 aliphatic rings. The number of carbonyl (C=O) groups excluding carboxylic acids is 2. The highest BCUT2D eigenvalue weighted by atomic mass is 16.6. The number of nitrogens with one attached hydrogen (secondary N) is 1. The van der Waals surface area contributed by atoms with Gasteiger partial charge in [0.05, 0.1) is 5.92 Å². The van der Waals surface area contributed by atoms with E-state index in [1.807, 2.05) is 20.8 Å². The number of rotatable bonds is 1. The van der Waals surface area contributed by atoms with Crippen molar-refractivity contribution in [3.8, 4) is 0 Å². The van der Waals surface area contributed by atoms with Gasteiger partial charge < -0.3 is 10.1 Å². The van der Waals surface area contributed by atoms with Crippen molar-refractivity contribution >= 4 is 11.9 Å². The second-order valence-corrected chi connectivity index (χ2v) is 5.75. The lowest BCUT2D eigenvalue weighted by molar-refractivity contribution is -0.170. The zero-order chi connectivity index (χ0) is 11.9. The maximum Gasteiger partial charge on any atom is 0.309 e. The van der Waals surface area contributed by atoms with Crippen molar-refractivity contribution in [2.75, 3.05) is 0 Å². The van der Waals surface area contributed by atoms with Gasteiger partial charge >= 0.3 is 5.97 Å². The van der Waals surface area contributed by atoms with Crippen molar-refractivity contribution < 1.29 is 14.3 Å². The van der Waals surface area contributed by atoms with Gasteiger partial charge in [0.1, 0.15) is 5.60 Å². The van der Waals surface area contributed by atoms with Gasteiger partial charge in [-0.05, 0) is 39.5 Å². The average Bonchev–Trinajstić information content (AvgIpc) is 2.06. The number of fused-ring (bicyclic) bond motifs is 1. The summed E-state index contributed by atoms with van der Waals surface area (Å²) in [7, 11) is 0. The molecule has 90 valence electrons. The number of hydrogen-bond donors (Lipinski definition) is 1. The van der Waals surface area contributed by atoms with Crippen LogP contribution in [0.25, 0.3) is 0 Å². The molecule has 0 unspecified atom stereocenters. The van der Waals surface area contributed by atoms with Gasteiger partial charge in [-0.1, -0.05) is 0 Å². The molecule has 1 amide bonds. The summed E-state index contributed by atoms with van der Waals surface area (Å²) >= 11 is 0. The lowest BCUT2D eigenvalue weighted by atomic mass is 9.65. The molecule has 1 aliphatic carbocycles. The first-order chi connectivity index (χ1) is 7.37. The van der Waals surface area contributed by atoms with Gasteiger partial charge in [-0.3, -0.25) is 9.59 Å². The monoisotopic (exact) mass is 225 g/mol. The van der Waals surface area contributed by atoms with E-state index < -0.39 is 5.60 Å². The molecule has 2 rings (SSSR count). The summed E-state index contributed by atoms with van der Waals surface area (Å²) in [6.07, 6.45) is 2.10. The van der Waals surface area contributed by atoms with Crippen LogP contribution in [0.4, 0.5) is 0 Å². The molecule has 1 saturated heterocycles. The van der Waals surface area contributed by atoms with Crippen LogP contribution < -0.4 is 5.32 Å². The molecule has 2 fully saturated rings. The van der Waals surface area contributed by atoms with Crippen molar-refractivity contribution in [3.05, 3.63) is 0 Å². The summed E-state index contributed by atoms with van der Waals surface area (Å²) in [4.78, 5) is 23.0. The average molecular weight is 225 g/mol. The van der Waals surface area contributed by atoms with Crippen LogP contribution in [0.2, 0.25) is 0 Å². The molecule has 1 heterocycles. The van der Waals surface area contributed by atoms with Crippen LogP contribution in [0.15, 0.2) is 0 Å². The highest BCUT2D eigenvalue weighted by Crippen LogP contribution is 2.41. The number of ether oxygens (including phenoxy) is 1. The largest absolute Gasteiger partial charge is 0.460 e. The molecule has 0 radical (unpaired) electrons. The molecule has 4 nitrogen and oxygen atoms in total. The van der Waals surface area contributed by atoms with Crippen LogP contribution in [0, 0.1) is 11.8 Å². The zero-order valence-corrected chi connectivity index (χ0v) is 10.1. The van der Waals surface area contributed by atoms with E-state index in [-0.39, 0.29) is 23.8 Å². The summed E-state index contributed by atoms with van der Waals surface area (Å²) in [6.45, 7) is 5.64. The SMILES string of the molecule is CC(C)(C)OC(=O)[C@H]1C[C@@H]2NC(=O)CC[C@@H]21. The number of carbonyl (C=O) groups is 2. The van der Waals surface area contributed by atoms with E-state index in [4.69, 9.17) is 4.74 Å². The minimum absolute atomic E-state index is 0.00942. The molecule has 1 saturated carbocycles. The van der Waals surface area contributed by atoms with E-state index in [9.17, 15) is 9.59 Å². The number of amides is 1. The lowest BCUT2D eigenvalue weighted by Crippen LogP contribution is -2.58. The molecule has 0 aromatic heterocycles. The summed E-state index contributed by atoms with van der Waals surface area (Å²) in [6, 6.07) is 0.207. The van der Waals surface area contributed by atoms with Crippen LogP contribution in [-0.4, -0.2) is 23.5 Å². The Kier molecular flexibility index (Phi) is 2.68.